The first kappa shape index (κ1) is 16.5. The lowest BCUT2D eigenvalue weighted by atomic mass is 10.1. The van der Waals surface area contributed by atoms with E-state index in [1.165, 1.54) is 7.11 Å². The van der Waals surface area contributed by atoms with E-state index in [4.69, 9.17) is 5.11 Å². The van der Waals surface area contributed by atoms with Gasteiger partial charge in [-0.15, -0.1) is 0 Å². The molecule has 0 aliphatic carbocycles. The van der Waals surface area contributed by atoms with Crippen LogP contribution in [0.2, 0.25) is 0 Å². The number of rotatable bonds is 7. The van der Waals surface area contributed by atoms with Gasteiger partial charge in [-0.3, -0.25) is 9.59 Å². The van der Waals surface area contributed by atoms with E-state index in [2.05, 4.69) is 15.4 Å². The minimum Gasteiger partial charge on any atom is -0.481 e. The summed E-state index contributed by atoms with van der Waals surface area (Å²) in [5, 5.41) is 13.5. The molecule has 0 aliphatic heterocycles. The Morgan fingerprint density at radius 3 is 2.38 bits per heavy atom. The van der Waals surface area contributed by atoms with Crippen molar-refractivity contribution < 1.29 is 24.2 Å². The molecule has 0 atom stereocenters. The fraction of sp³-hybridized carbons (Fsp3) is 0.357. The number of amides is 2. The second kappa shape index (κ2) is 8.57. The highest BCUT2D eigenvalue weighted by atomic mass is 16.5. The molecule has 7 heteroatoms. The summed E-state index contributed by atoms with van der Waals surface area (Å²) in [6, 6.07) is 6.57. The lowest BCUT2D eigenvalue weighted by Crippen LogP contribution is -2.30. The average molecular weight is 294 g/mol. The lowest BCUT2D eigenvalue weighted by molar-refractivity contribution is -0.140. The van der Waals surface area contributed by atoms with Crippen molar-refractivity contribution in [1.82, 2.24) is 5.32 Å². The van der Waals surface area contributed by atoms with Crippen LogP contribution in [0, 0.1) is 0 Å². The van der Waals surface area contributed by atoms with Gasteiger partial charge in [-0.1, -0.05) is 12.1 Å². The summed E-state index contributed by atoms with van der Waals surface area (Å²) in [7, 11) is 1.35. The Labute approximate surface area is 122 Å². The van der Waals surface area contributed by atoms with Crippen molar-refractivity contribution in [3.8, 4) is 0 Å². The average Bonchev–Trinajstić information content (AvgIpc) is 2.45. The smallest absolute Gasteiger partial charge is 0.319 e. The third kappa shape index (κ3) is 6.95. The normalized spacial score (nSPS) is 9.76. The predicted octanol–water partition coefficient (Wildman–Crippen LogP) is 1.39. The number of carboxylic acids is 1. The number of benzene rings is 1. The number of esters is 1. The van der Waals surface area contributed by atoms with Gasteiger partial charge in [-0.05, 0) is 24.1 Å². The topological polar surface area (TPSA) is 105 Å². The summed E-state index contributed by atoms with van der Waals surface area (Å²) in [5.74, 6) is -1.24. The second-order valence-corrected chi connectivity index (χ2v) is 4.30. The molecule has 1 aromatic rings. The molecule has 0 saturated carbocycles. The molecular weight excluding hydrogens is 276 g/mol. The van der Waals surface area contributed by atoms with E-state index in [-0.39, 0.29) is 18.9 Å². The van der Waals surface area contributed by atoms with Crippen LogP contribution in [-0.2, 0) is 20.7 Å². The standard InChI is InChI=1S/C14H18N2O5/c1-21-13(19)7-4-10-2-5-11(6-3-10)16-14(20)15-9-8-12(17)18/h2-3,5-6H,4,7-9H2,1H3,(H,17,18)(H2,15,16,20). The van der Waals surface area contributed by atoms with E-state index in [9.17, 15) is 14.4 Å². The Bertz CT molecular complexity index is 499. The Kier molecular flexibility index (Phi) is 6.73. The lowest BCUT2D eigenvalue weighted by Gasteiger charge is -2.07. The molecule has 7 nitrogen and oxygen atoms in total. The van der Waals surface area contributed by atoms with Crippen molar-refractivity contribution in [1.29, 1.82) is 0 Å². The number of carbonyl (C=O) groups is 3. The maximum atomic E-state index is 11.5. The molecule has 1 aromatic carbocycles. The highest BCUT2D eigenvalue weighted by Crippen LogP contribution is 2.11. The van der Waals surface area contributed by atoms with E-state index < -0.39 is 12.0 Å². The van der Waals surface area contributed by atoms with Gasteiger partial charge >= 0.3 is 18.0 Å². The number of aryl methyl sites for hydroxylation is 1. The largest absolute Gasteiger partial charge is 0.481 e. The second-order valence-electron chi connectivity index (χ2n) is 4.30. The third-order valence-electron chi connectivity index (χ3n) is 2.68. The molecule has 0 heterocycles. The highest BCUT2D eigenvalue weighted by molar-refractivity contribution is 5.89. The zero-order valence-electron chi connectivity index (χ0n) is 11.7. The molecule has 1 rings (SSSR count). The van der Waals surface area contributed by atoms with E-state index >= 15 is 0 Å². The number of aliphatic carboxylic acids is 1. The number of methoxy groups -OCH3 is 1. The van der Waals surface area contributed by atoms with Crippen LogP contribution in [0.25, 0.3) is 0 Å². The van der Waals surface area contributed by atoms with Crippen LogP contribution in [0.1, 0.15) is 18.4 Å². The Morgan fingerprint density at radius 2 is 1.81 bits per heavy atom. The van der Waals surface area contributed by atoms with Crippen molar-refractivity contribution in [2.75, 3.05) is 19.0 Å². The number of carbonyl (C=O) groups excluding carboxylic acids is 2. The molecule has 3 N–H and O–H groups in total. The minimum absolute atomic E-state index is 0.0678. The Hall–Kier alpha value is -2.57. The first-order chi connectivity index (χ1) is 10.0. The van der Waals surface area contributed by atoms with Gasteiger partial charge in [0, 0.05) is 18.7 Å². The maximum absolute atomic E-state index is 11.5. The zero-order valence-corrected chi connectivity index (χ0v) is 11.7. The number of nitrogens with one attached hydrogen (secondary N) is 2. The minimum atomic E-state index is -0.967. The zero-order chi connectivity index (χ0) is 15.7. The van der Waals surface area contributed by atoms with Gasteiger partial charge in [0.1, 0.15) is 0 Å². The van der Waals surface area contributed by atoms with Crippen LogP contribution >= 0.6 is 0 Å². The molecule has 0 bridgehead atoms. The Balaban J connectivity index is 2.38. The summed E-state index contributed by atoms with van der Waals surface area (Å²) >= 11 is 0. The molecule has 0 saturated heterocycles. The Morgan fingerprint density at radius 1 is 1.14 bits per heavy atom. The van der Waals surface area contributed by atoms with Crippen molar-refractivity contribution in [2.45, 2.75) is 19.3 Å². The molecule has 0 radical (unpaired) electrons. The fourth-order valence-electron chi connectivity index (χ4n) is 1.56. The van der Waals surface area contributed by atoms with Gasteiger partial charge in [0.05, 0.1) is 13.5 Å². The summed E-state index contributed by atoms with van der Waals surface area (Å²) in [6.07, 6.45) is 0.747. The van der Waals surface area contributed by atoms with E-state index in [0.29, 0.717) is 18.5 Å². The number of urea groups is 1. The van der Waals surface area contributed by atoms with E-state index in [1.54, 1.807) is 24.3 Å². The van der Waals surface area contributed by atoms with Gasteiger partial charge in [-0.25, -0.2) is 4.79 Å². The molecule has 0 fully saturated rings. The van der Waals surface area contributed by atoms with E-state index in [1.807, 2.05) is 0 Å². The first-order valence-electron chi connectivity index (χ1n) is 6.43. The molecule has 114 valence electrons. The fourth-order valence-corrected chi connectivity index (χ4v) is 1.56. The molecule has 0 aromatic heterocycles. The summed E-state index contributed by atoms with van der Waals surface area (Å²) in [5.41, 5.74) is 1.54. The molecule has 0 spiro atoms. The summed E-state index contributed by atoms with van der Waals surface area (Å²) < 4.78 is 4.56. The van der Waals surface area contributed by atoms with Gasteiger partial charge in [0.15, 0.2) is 0 Å². The van der Waals surface area contributed by atoms with Gasteiger partial charge < -0.3 is 20.5 Å². The first-order valence-corrected chi connectivity index (χ1v) is 6.43. The monoisotopic (exact) mass is 294 g/mol. The quantitative estimate of drug-likeness (QED) is 0.659. The SMILES string of the molecule is COC(=O)CCc1ccc(NC(=O)NCCC(=O)O)cc1. The van der Waals surface area contributed by atoms with Crippen molar-refractivity contribution in [3.05, 3.63) is 29.8 Å². The van der Waals surface area contributed by atoms with Crippen molar-refractivity contribution >= 4 is 23.7 Å². The van der Waals surface area contributed by atoms with E-state index in [0.717, 1.165) is 5.56 Å². The van der Waals surface area contributed by atoms with Gasteiger partial charge in [0.25, 0.3) is 0 Å². The molecule has 2 amide bonds. The van der Waals surface area contributed by atoms with Gasteiger partial charge in [0.2, 0.25) is 0 Å². The van der Waals surface area contributed by atoms with Crippen LogP contribution in [0.15, 0.2) is 24.3 Å². The predicted molar refractivity (Wildman–Crippen MR) is 76.1 cm³/mol. The van der Waals surface area contributed by atoms with Crippen LogP contribution < -0.4 is 10.6 Å². The molecule has 0 unspecified atom stereocenters. The number of hydrogen-bond acceptors (Lipinski definition) is 4. The van der Waals surface area contributed by atoms with Crippen molar-refractivity contribution in [2.24, 2.45) is 0 Å². The van der Waals surface area contributed by atoms with Crippen LogP contribution in [0.5, 0.6) is 0 Å². The number of carboxylic acid groups (broad SMARTS) is 1. The van der Waals surface area contributed by atoms with Crippen LogP contribution in [0.4, 0.5) is 10.5 Å². The van der Waals surface area contributed by atoms with Crippen LogP contribution in [-0.4, -0.2) is 36.7 Å². The summed E-state index contributed by atoms with van der Waals surface area (Å²) in [6.45, 7) is 0.0678. The number of ether oxygens (including phenoxy) is 1. The van der Waals surface area contributed by atoms with Gasteiger partial charge in [-0.2, -0.15) is 0 Å². The third-order valence-corrected chi connectivity index (χ3v) is 2.68. The molecular formula is C14H18N2O5. The highest BCUT2D eigenvalue weighted by Gasteiger charge is 2.04. The summed E-state index contributed by atoms with van der Waals surface area (Å²) in [4.78, 5) is 32.8. The molecule has 0 aliphatic rings. The number of hydrogen-bond donors (Lipinski definition) is 3. The number of anilines is 1. The maximum Gasteiger partial charge on any atom is 0.319 e. The van der Waals surface area contributed by atoms with Crippen molar-refractivity contribution in [3.63, 3.8) is 0 Å². The molecule has 21 heavy (non-hydrogen) atoms. The van der Waals surface area contributed by atoms with Crippen LogP contribution in [0.3, 0.4) is 0 Å².